The van der Waals surface area contributed by atoms with Gasteiger partial charge in [0.25, 0.3) is 0 Å². The fraction of sp³-hybridized carbons (Fsp3) is 0.273. The van der Waals surface area contributed by atoms with Crippen LogP contribution in [0.5, 0.6) is 11.5 Å². The van der Waals surface area contributed by atoms with Crippen LogP contribution in [0.4, 0.5) is 0 Å². The summed E-state index contributed by atoms with van der Waals surface area (Å²) in [6.07, 6.45) is 0. The molecule has 6 heteroatoms. The Bertz CT molecular complexity index is 452. The van der Waals surface area contributed by atoms with Gasteiger partial charge in [-0.05, 0) is 24.6 Å². The number of phenolic OH excluding ortho intramolecular Hbond substituents is 1. The number of carbonyl (C=O) groups is 2. The molecule has 0 radical (unpaired) electrons. The summed E-state index contributed by atoms with van der Waals surface area (Å²) in [5.74, 6) is -1.89. The number of carboxylic acid groups (broad SMARTS) is 1. The van der Waals surface area contributed by atoms with Crippen molar-refractivity contribution in [1.82, 2.24) is 0 Å². The van der Waals surface area contributed by atoms with Gasteiger partial charge in [-0.3, -0.25) is 0 Å². The van der Waals surface area contributed by atoms with Gasteiger partial charge in [0, 0.05) is 0 Å². The zero-order chi connectivity index (χ0) is 13.0. The molecule has 0 aliphatic rings. The number of methoxy groups -OCH3 is 1. The first-order valence-corrected chi connectivity index (χ1v) is 4.72. The van der Waals surface area contributed by atoms with Crippen molar-refractivity contribution in [2.75, 3.05) is 13.7 Å². The van der Waals surface area contributed by atoms with E-state index in [0.717, 1.165) is 6.07 Å². The number of aliphatic carboxylic acids is 1. The standard InChI is InChI=1S/C11H12O6/c1-6-3-7(12)4-8(11(15)16-2)10(6)17-5-9(13)14/h3-4,12H,5H2,1-2H3,(H,13,14). The molecule has 1 aromatic rings. The first kappa shape index (κ1) is 12.8. The van der Waals surface area contributed by atoms with Crippen molar-refractivity contribution in [2.45, 2.75) is 6.92 Å². The number of hydrogen-bond acceptors (Lipinski definition) is 5. The number of benzene rings is 1. The number of esters is 1. The van der Waals surface area contributed by atoms with Gasteiger partial charge in [-0.15, -0.1) is 0 Å². The normalized spacial score (nSPS) is 9.76. The van der Waals surface area contributed by atoms with Crippen molar-refractivity contribution in [2.24, 2.45) is 0 Å². The van der Waals surface area contributed by atoms with Crippen molar-refractivity contribution < 1.29 is 29.3 Å². The van der Waals surface area contributed by atoms with E-state index in [1.807, 2.05) is 0 Å². The molecule has 0 aliphatic heterocycles. The maximum Gasteiger partial charge on any atom is 0.341 e. The largest absolute Gasteiger partial charge is 0.508 e. The highest BCUT2D eigenvalue weighted by molar-refractivity contribution is 5.93. The third-order valence-electron chi connectivity index (χ3n) is 2.00. The second kappa shape index (κ2) is 5.20. The summed E-state index contributed by atoms with van der Waals surface area (Å²) in [5, 5.41) is 17.9. The molecular weight excluding hydrogens is 228 g/mol. The molecule has 1 rings (SSSR count). The van der Waals surface area contributed by atoms with Crippen LogP contribution in [0.2, 0.25) is 0 Å². The van der Waals surface area contributed by atoms with Crippen molar-refractivity contribution in [1.29, 1.82) is 0 Å². The summed E-state index contributed by atoms with van der Waals surface area (Å²) in [6, 6.07) is 2.53. The fourth-order valence-electron chi connectivity index (χ4n) is 1.34. The number of aryl methyl sites for hydroxylation is 1. The van der Waals surface area contributed by atoms with Gasteiger partial charge in [-0.25, -0.2) is 9.59 Å². The number of phenols is 1. The van der Waals surface area contributed by atoms with Gasteiger partial charge in [-0.2, -0.15) is 0 Å². The quantitative estimate of drug-likeness (QED) is 0.761. The molecular formula is C11H12O6. The molecule has 0 bridgehead atoms. The smallest absolute Gasteiger partial charge is 0.341 e. The predicted molar refractivity (Wildman–Crippen MR) is 57.3 cm³/mol. The third-order valence-corrected chi connectivity index (χ3v) is 2.00. The van der Waals surface area contributed by atoms with E-state index < -0.39 is 18.5 Å². The van der Waals surface area contributed by atoms with Crippen LogP contribution in [-0.4, -0.2) is 35.9 Å². The van der Waals surface area contributed by atoms with Crippen molar-refractivity contribution in [3.63, 3.8) is 0 Å². The number of ether oxygens (including phenoxy) is 2. The minimum absolute atomic E-state index is 0.00810. The molecule has 0 fully saturated rings. The molecule has 17 heavy (non-hydrogen) atoms. The van der Waals surface area contributed by atoms with E-state index >= 15 is 0 Å². The van der Waals surface area contributed by atoms with Crippen molar-refractivity contribution in [3.8, 4) is 11.5 Å². The Morgan fingerprint density at radius 1 is 1.35 bits per heavy atom. The Balaban J connectivity index is 3.15. The van der Waals surface area contributed by atoms with Crippen LogP contribution in [0.1, 0.15) is 15.9 Å². The van der Waals surface area contributed by atoms with E-state index in [0.29, 0.717) is 5.56 Å². The van der Waals surface area contributed by atoms with Crippen LogP contribution in [0, 0.1) is 6.92 Å². The number of rotatable bonds is 4. The molecule has 6 nitrogen and oxygen atoms in total. The lowest BCUT2D eigenvalue weighted by atomic mass is 10.1. The molecule has 0 saturated heterocycles. The number of hydrogen-bond donors (Lipinski definition) is 2. The molecule has 0 aliphatic carbocycles. The van der Waals surface area contributed by atoms with E-state index in [-0.39, 0.29) is 17.1 Å². The Morgan fingerprint density at radius 3 is 2.53 bits per heavy atom. The molecule has 92 valence electrons. The second-order valence-corrected chi connectivity index (χ2v) is 3.31. The van der Waals surface area contributed by atoms with Gasteiger partial charge in [-0.1, -0.05) is 0 Å². The number of carboxylic acids is 1. The molecule has 0 spiro atoms. The van der Waals surface area contributed by atoms with E-state index in [9.17, 15) is 14.7 Å². The summed E-state index contributed by atoms with van der Waals surface area (Å²) in [6.45, 7) is 1.01. The van der Waals surface area contributed by atoms with Crippen LogP contribution in [-0.2, 0) is 9.53 Å². The van der Waals surface area contributed by atoms with Gasteiger partial charge >= 0.3 is 11.9 Å². The SMILES string of the molecule is COC(=O)c1cc(O)cc(C)c1OCC(=O)O. The van der Waals surface area contributed by atoms with Crippen LogP contribution in [0.25, 0.3) is 0 Å². The van der Waals surface area contributed by atoms with Crippen LogP contribution in [0.3, 0.4) is 0 Å². The average molecular weight is 240 g/mol. The van der Waals surface area contributed by atoms with Gasteiger partial charge in [0.05, 0.1) is 7.11 Å². The topological polar surface area (TPSA) is 93.1 Å². The lowest BCUT2D eigenvalue weighted by molar-refractivity contribution is -0.139. The molecule has 2 N–H and O–H groups in total. The Morgan fingerprint density at radius 2 is 2.00 bits per heavy atom. The zero-order valence-electron chi connectivity index (χ0n) is 9.39. The van der Waals surface area contributed by atoms with Crippen LogP contribution in [0.15, 0.2) is 12.1 Å². The van der Waals surface area contributed by atoms with E-state index in [4.69, 9.17) is 9.84 Å². The minimum atomic E-state index is -1.16. The number of aromatic hydroxyl groups is 1. The highest BCUT2D eigenvalue weighted by atomic mass is 16.5. The molecule has 0 amide bonds. The Kier molecular flexibility index (Phi) is 3.92. The highest BCUT2D eigenvalue weighted by Crippen LogP contribution is 2.29. The first-order chi connectivity index (χ1) is 7.95. The lowest BCUT2D eigenvalue weighted by Gasteiger charge is -2.12. The minimum Gasteiger partial charge on any atom is -0.508 e. The maximum atomic E-state index is 11.4. The molecule has 0 aromatic heterocycles. The van der Waals surface area contributed by atoms with Crippen molar-refractivity contribution in [3.05, 3.63) is 23.3 Å². The summed E-state index contributed by atoms with van der Waals surface area (Å²) in [5.41, 5.74) is 0.443. The number of carbonyl (C=O) groups excluding carboxylic acids is 1. The van der Waals surface area contributed by atoms with Gasteiger partial charge in [0.2, 0.25) is 0 Å². The summed E-state index contributed by atoms with van der Waals surface area (Å²) in [4.78, 5) is 21.8. The molecule has 0 heterocycles. The summed E-state index contributed by atoms with van der Waals surface area (Å²) < 4.78 is 9.51. The van der Waals surface area contributed by atoms with Crippen LogP contribution < -0.4 is 4.74 Å². The Labute approximate surface area is 97.4 Å². The van der Waals surface area contributed by atoms with E-state index in [1.165, 1.54) is 13.2 Å². The van der Waals surface area contributed by atoms with E-state index in [2.05, 4.69) is 4.74 Å². The monoisotopic (exact) mass is 240 g/mol. The zero-order valence-corrected chi connectivity index (χ0v) is 9.39. The Hall–Kier alpha value is -2.24. The molecule has 0 atom stereocenters. The van der Waals surface area contributed by atoms with Gasteiger partial charge in [0.1, 0.15) is 17.1 Å². The third kappa shape index (κ3) is 3.10. The molecule has 0 unspecified atom stereocenters. The summed E-state index contributed by atoms with van der Waals surface area (Å²) in [7, 11) is 1.18. The van der Waals surface area contributed by atoms with Gasteiger partial charge in [0.15, 0.2) is 6.61 Å². The summed E-state index contributed by atoms with van der Waals surface area (Å²) >= 11 is 0. The molecule has 0 saturated carbocycles. The predicted octanol–water partition coefficient (Wildman–Crippen LogP) is 0.951. The first-order valence-electron chi connectivity index (χ1n) is 4.72. The highest BCUT2D eigenvalue weighted by Gasteiger charge is 2.17. The van der Waals surface area contributed by atoms with Crippen LogP contribution >= 0.6 is 0 Å². The molecule has 1 aromatic carbocycles. The van der Waals surface area contributed by atoms with Crippen molar-refractivity contribution >= 4 is 11.9 Å². The van der Waals surface area contributed by atoms with E-state index in [1.54, 1.807) is 6.92 Å². The maximum absolute atomic E-state index is 11.4. The van der Waals surface area contributed by atoms with Gasteiger partial charge < -0.3 is 19.7 Å². The average Bonchev–Trinajstić information content (AvgIpc) is 2.25. The fourth-order valence-corrected chi connectivity index (χ4v) is 1.34. The second-order valence-electron chi connectivity index (χ2n) is 3.31. The lowest BCUT2D eigenvalue weighted by Crippen LogP contribution is -2.13.